The lowest BCUT2D eigenvalue weighted by molar-refractivity contribution is -0.137. The van der Waals surface area contributed by atoms with Gasteiger partial charge in [-0.2, -0.15) is 13.2 Å². The number of hydrogen-bond donors (Lipinski definition) is 2. The van der Waals surface area contributed by atoms with Gasteiger partial charge in [-0.05, 0) is 54.5 Å². The minimum Gasteiger partial charge on any atom is -0.497 e. The molecule has 1 saturated heterocycles. The first-order chi connectivity index (χ1) is 14.4. The second kappa shape index (κ2) is 9.99. The molecule has 0 spiro atoms. The molecule has 1 aliphatic heterocycles. The van der Waals surface area contributed by atoms with Gasteiger partial charge in [0.2, 0.25) is 0 Å². The summed E-state index contributed by atoms with van der Waals surface area (Å²) in [4.78, 5) is 1.99. The van der Waals surface area contributed by atoms with Crippen molar-refractivity contribution in [2.24, 2.45) is 0 Å². The number of rotatable bonds is 6. The van der Waals surface area contributed by atoms with Gasteiger partial charge in [0.1, 0.15) is 5.75 Å². The standard InChI is InChI=1S/C21H24F3N3O2S/c1-28-17-5-2-15(3-6-17)8-9-25-20(30)26-18-14-16(21(22,23)24)4-7-19(18)27-10-12-29-13-11-27/h2-7,14H,8-13H2,1H3,(H2,25,26,30). The molecular formula is C21H24F3N3O2S. The molecule has 1 heterocycles. The Balaban J connectivity index is 1.65. The minimum atomic E-state index is -4.43. The van der Waals surface area contributed by atoms with Gasteiger partial charge in [-0.1, -0.05) is 12.1 Å². The van der Waals surface area contributed by atoms with Crippen LogP contribution in [-0.2, 0) is 17.3 Å². The molecular weight excluding hydrogens is 415 g/mol. The molecule has 0 unspecified atom stereocenters. The molecule has 3 rings (SSSR count). The van der Waals surface area contributed by atoms with Gasteiger partial charge in [-0.3, -0.25) is 0 Å². The van der Waals surface area contributed by atoms with Crippen LogP contribution in [0, 0.1) is 0 Å². The van der Waals surface area contributed by atoms with Crippen LogP contribution in [0.5, 0.6) is 5.75 Å². The van der Waals surface area contributed by atoms with Crippen molar-refractivity contribution in [1.29, 1.82) is 0 Å². The summed E-state index contributed by atoms with van der Waals surface area (Å²) in [6.07, 6.45) is -3.71. The summed E-state index contributed by atoms with van der Waals surface area (Å²) in [5.41, 5.74) is 1.38. The number of morpholine rings is 1. The highest BCUT2D eigenvalue weighted by Gasteiger charge is 2.31. The summed E-state index contributed by atoms with van der Waals surface area (Å²) in [7, 11) is 1.61. The van der Waals surface area contributed by atoms with Crippen LogP contribution in [0.4, 0.5) is 24.5 Å². The van der Waals surface area contributed by atoms with E-state index in [2.05, 4.69) is 10.6 Å². The first kappa shape index (κ1) is 22.2. The number of methoxy groups -OCH3 is 1. The predicted molar refractivity (Wildman–Crippen MR) is 115 cm³/mol. The smallest absolute Gasteiger partial charge is 0.416 e. The van der Waals surface area contributed by atoms with E-state index in [-0.39, 0.29) is 5.11 Å². The average Bonchev–Trinajstić information content (AvgIpc) is 2.74. The van der Waals surface area contributed by atoms with E-state index in [9.17, 15) is 13.2 Å². The lowest BCUT2D eigenvalue weighted by Gasteiger charge is -2.31. The van der Waals surface area contributed by atoms with E-state index in [1.54, 1.807) is 7.11 Å². The molecule has 1 aliphatic rings. The Kier molecular flexibility index (Phi) is 7.38. The van der Waals surface area contributed by atoms with Crippen LogP contribution in [0.25, 0.3) is 0 Å². The van der Waals surface area contributed by atoms with Gasteiger partial charge >= 0.3 is 6.18 Å². The molecule has 0 aliphatic carbocycles. The second-order valence-electron chi connectivity index (χ2n) is 6.81. The fourth-order valence-electron chi connectivity index (χ4n) is 3.17. The minimum absolute atomic E-state index is 0.275. The molecule has 5 nitrogen and oxygen atoms in total. The number of anilines is 2. The van der Waals surface area contributed by atoms with E-state index < -0.39 is 11.7 Å². The maximum atomic E-state index is 13.2. The summed E-state index contributed by atoms with van der Waals surface area (Å²) >= 11 is 5.32. The molecule has 30 heavy (non-hydrogen) atoms. The van der Waals surface area contributed by atoms with E-state index in [0.717, 1.165) is 23.4 Å². The highest BCUT2D eigenvalue weighted by molar-refractivity contribution is 7.80. The van der Waals surface area contributed by atoms with Crippen molar-refractivity contribution in [3.8, 4) is 5.75 Å². The molecule has 0 saturated carbocycles. The molecule has 2 N–H and O–H groups in total. The lowest BCUT2D eigenvalue weighted by Crippen LogP contribution is -2.37. The van der Waals surface area contributed by atoms with Crippen LogP contribution in [0.15, 0.2) is 42.5 Å². The number of ether oxygens (including phenoxy) is 2. The number of nitrogens with zero attached hydrogens (tertiary/aromatic N) is 1. The number of benzene rings is 2. The topological polar surface area (TPSA) is 45.8 Å². The van der Waals surface area contributed by atoms with E-state index in [1.807, 2.05) is 29.2 Å². The Bertz CT molecular complexity index is 854. The Morgan fingerprint density at radius 1 is 1.13 bits per heavy atom. The maximum absolute atomic E-state index is 13.2. The Morgan fingerprint density at radius 2 is 1.83 bits per heavy atom. The molecule has 162 valence electrons. The van der Waals surface area contributed by atoms with Crippen molar-refractivity contribution < 1.29 is 22.6 Å². The first-order valence-corrected chi connectivity index (χ1v) is 9.99. The highest BCUT2D eigenvalue weighted by atomic mass is 32.1. The Labute approximate surface area is 179 Å². The SMILES string of the molecule is COc1ccc(CCNC(=S)Nc2cc(C(F)(F)F)ccc2N2CCOCC2)cc1. The largest absolute Gasteiger partial charge is 0.497 e. The zero-order valence-electron chi connectivity index (χ0n) is 16.6. The maximum Gasteiger partial charge on any atom is 0.416 e. The fourth-order valence-corrected chi connectivity index (χ4v) is 3.38. The molecule has 0 atom stereocenters. The van der Waals surface area contributed by atoms with Crippen LogP contribution >= 0.6 is 12.2 Å². The fraction of sp³-hybridized carbons (Fsp3) is 0.381. The Hall–Kier alpha value is -2.52. The van der Waals surface area contributed by atoms with Crippen molar-refractivity contribution in [2.75, 3.05) is 50.2 Å². The summed E-state index contributed by atoms with van der Waals surface area (Å²) in [6, 6.07) is 11.3. The molecule has 2 aromatic carbocycles. The van der Waals surface area contributed by atoms with Crippen LogP contribution in [0.3, 0.4) is 0 Å². The van der Waals surface area contributed by atoms with Gasteiger partial charge in [0, 0.05) is 19.6 Å². The lowest BCUT2D eigenvalue weighted by atomic mass is 10.1. The van der Waals surface area contributed by atoms with Crippen LogP contribution < -0.4 is 20.3 Å². The third-order valence-electron chi connectivity index (χ3n) is 4.78. The zero-order valence-corrected chi connectivity index (χ0v) is 17.4. The van der Waals surface area contributed by atoms with Gasteiger partial charge in [-0.15, -0.1) is 0 Å². The van der Waals surface area contributed by atoms with Crippen LogP contribution in [0.2, 0.25) is 0 Å². The van der Waals surface area contributed by atoms with Gasteiger partial charge in [0.15, 0.2) is 5.11 Å². The molecule has 9 heteroatoms. The van der Waals surface area contributed by atoms with Gasteiger partial charge in [-0.25, -0.2) is 0 Å². The van der Waals surface area contributed by atoms with Crippen molar-refractivity contribution in [1.82, 2.24) is 5.32 Å². The number of thiocarbonyl (C=S) groups is 1. The number of hydrogen-bond acceptors (Lipinski definition) is 4. The quantitative estimate of drug-likeness (QED) is 0.662. The van der Waals surface area contributed by atoms with Crippen molar-refractivity contribution >= 4 is 28.7 Å². The van der Waals surface area contributed by atoms with Gasteiger partial charge in [0.05, 0.1) is 37.3 Å². The Morgan fingerprint density at radius 3 is 2.47 bits per heavy atom. The number of nitrogens with one attached hydrogen (secondary N) is 2. The summed E-state index contributed by atoms with van der Waals surface area (Å²) in [5, 5.41) is 6.28. The van der Waals surface area contributed by atoms with E-state index in [0.29, 0.717) is 50.6 Å². The number of halogens is 3. The average molecular weight is 440 g/mol. The van der Waals surface area contributed by atoms with Crippen molar-refractivity contribution in [3.05, 3.63) is 53.6 Å². The molecule has 1 fully saturated rings. The van der Waals surface area contributed by atoms with Crippen LogP contribution in [0.1, 0.15) is 11.1 Å². The van der Waals surface area contributed by atoms with Gasteiger partial charge in [0.25, 0.3) is 0 Å². The van der Waals surface area contributed by atoms with Crippen molar-refractivity contribution in [2.45, 2.75) is 12.6 Å². The highest BCUT2D eigenvalue weighted by Crippen LogP contribution is 2.35. The van der Waals surface area contributed by atoms with E-state index in [1.165, 1.54) is 6.07 Å². The molecule has 0 bridgehead atoms. The zero-order chi connectivity index (χ0) is 21.6. The first-order valence-electron chi connectivity index (χ1n) is 9.58. The third-order valence-corrected chi connectivity index (χ3v) is 5.03. The second-order valence-corrected chi connectivity index (χ2v) is 7.22. The van der Waals surface area contributed by atoms with E-state index >= 15 is 0 Å². The molecule has 0 amide bonds. The third kappa shape index (κ3) is 5.99. The molecule has 0 radical (unpaired) electrons. The monoisotopic (exact) mass is 439 g/mol. The molecule has 0 aromatic heterocycles. The number of alkyl halides is 3. The molecule has 2 aromatic rings. The normalized spacial score (nSPS) is 14.3. The van der Waals surface area contributed by atoms with Gasteiger partial charge < -0.3 is 25.0 Å². The van der Waals surface area contributed by atoms with Crippen LogP contribution in [-0.4, -0.2) is 45.1 Å². The summed E-state index contributed by atoms with van der Waals surface area (Å²) in [6.45, 7) is 2.83. The van der Waals surface area contributed by atoms with E-state index in [4.69, 9.17) is 21.7 Å². The predicted octanol–water partition coefficient (Wildman–Crippen LogP) is 4.08. The van der Waals surface area contributed by atoms with Crippen molar-refractivity contribution in [3.63, 3.8) is 0 Å². The summed E-state index contributed by atoms with van der Waals surface area (Å²) in [5.74, 6) is 0.782. The summed E-state index contributed by atoms with van der Waals surface area (Å²) < 4.78 is 50.1.